The molecule has 56 heavy (non-hydrogen) atoms. The SMILES string of the molecule is CC(C)c1cc(-c2ccccc2)cc(C(C)C)c1N(C(=N)c1cccc2c1oc1cc(-c3ccc(-c4ccccc4)cc3)ccc12)c1ccc(C(C)(C)C)nc1. The molecule has 0 aliphatic carbocycles. The fourth-order valence-electron chi connectivity index (χ4n) is 7.72. The summed E-state index contributed by atoms with van der Waals surface area (Å²) < 4.78 is 6.79. The maximum Gasteiger partial charge on any atom is 0.146 e. The van der Waals surface area contributed by atoms with E-state index in [1.165, 1.54) is 33.4 Å². The van der Waals surface area contributed by atoms with Crippen molar-refractivity contribution in [3.8, 4) is 33.4 Å². The van der Waals surface area contributed by atoms with E-state index in [-0.39, 0.29) is 17.3 Å². The Balaban J connectivity index is 1.28. The van der Waals surface area contributed by atoms with E-state index in [1.807, 2.05) is 24.4 Å². The average Bonchev–Trinajstić information content (AvgIpc) is 3.59. The second-order valence-corrected chi connectivity index (χ2v) is 16.5. The summed E-state index contributed by atoms with van der Waals surface area (Å²) in [5.41, 5.74) is 14.3. The number of amidine groups is 1. The van der Waals surface area contributed by atoms with E-state index in [2.05, 4.69) is 181 Å². The molecule has 278 valence electrons. The summed E-state index contributed by atoms with van der Waals surface area (Å²) in [6.45, 7) is 15.5. The Bertz CT molecular complexity index is 2630. The monoisotopic (exact) mass is 731 g/mol. The average molecular weight is 732 g/mol. The molecule has 0 unspecified atom stereocenters. The molecule has 0 aliphatic heterocycles. The first kappa shape index (κ1) is 36.7. The highest BCUT2D eigenvalue weighted by Gasteiger charge is 2.29. The van der Waals surface area contributed by atoms with Gasteiger partial charge in [0.05, 0.1) is 23.1 Å². The van der Waals surface area contributed by atoms with Crippen LogP contribution in [0.1, 0.15) is 82.7 Å². The van der Waals surface area contributed by atoms with Gasteiger partial charge in [-0.05, 0) is 98.8 Å². The van der Waals surface area contributed by atoms with Crippen LogP contribution >= 0.6 is 0 Å². The minimum atomic E-state index is -0.108. The van der Waals surface area contributed by atoms with E-state index in [0.717, 1.165) is 50.1 Å². The standard InChI is InChI=1S/C52H49N3O/c1-33(2)45-29-40(36-17-12-9-13-18-36)30-46(34(3)4)49(45)55(41-26-28-48(54-32-41)52(5,6)7)51(53)44-20-14-19-43-42-27-25-39(31-47(42)56-50(43)44)38-23-21-37(22-24-38)35-15-10-8-11-16-35/h8-34,53H,1-7H3. The molecule has 0 bridgehead atoms. The zero-order valence-electron chi connectivity index (χ0n) is 33.4. The molecule has 0 atom stereocenters. The first-order valence-corrected chi connectivity index (χ1v) is 19.7. The molecule has 0 saturated carbocycles. The largest absolute Gasteiger partial charge is 0.455 e. The zero-order chi connectivity index (χ0) is 39.1. The highest BCUT2D eigenvalue weighted by atomic mass is 16.3. The molecule has 0 aliphatic rings. The molecule has 2 heterocycles. The van der Waals surface area contributed by atoms with E-state index in [1.54, 1.807) is 0 Å². The maximum atomic E-state index is 10.2. The van der Waals surface area contributed by atoms with Gasteiger partial charge in [0, 0.05) is 21.9 Å². The van der Waals surface area contributed by atoms with Gasteiger partial charge in [0.1, 0.15) is 17.0 Å². The van der Waals surface area contributed by atoms with Crippen LogP contribution in [0.2, 0.25) is 0 Å². The Kier molecular flexibility index (Phi) is 9.68. The van der Waals surface area contributed by atoms with Crippen LogP contribution in [0.5, 0.6) is 0 Å². The number of para-hydroxylation sites is 1. The van der Waals surface area contributed by atoms with Gasteiger partial charge in [0.2, 0.25) is 0 Å². The quantitative estimate of drug-likeness (QED) is 0.125. The number of furan rings is 1. The molecule has 0 amide bonds. The summed E-state index contributed by atoms with van der Waals surface area (Å²) in [6.07, 6.45) is 1.93. The van der Waals surface area contributed by atoms with E-state index in [9.17, 15) is 5.41 Å². The summed E-state index contributed by atoms with van der Waals surface area (Å²) in [5.74, 6) is 0.712. The van der Waals surface area contributed by atoms with Gasteiger partial charge in [-0.15, -0.1) is 0 Å². The number of hydrogen-bond donors (Lipinski definition) is 1. The van der Waals surface area contributed by atoms with Crippen LogP contribution in [0.25, 0.3) is 55.3 Å². The lowest BCUT2D eigenvalue weighted by Crippen LogP contribution is -2.29. The van der Waals surface area contributed by atoms with Gasteiger partial charge in [-0.3, -0.25) is 15.3 Å². The Morgan fingerprint density at radius 2 is 1.12 bits per heavy atom. The number of rotatable bonds is 8. The molecule has 0 radical (unpaired) electrons. The van der Waals surface area contributed by atoms with Crippen molar-refractivity contribution >= 4 is 39.1 Å². The van der Waals surface area contributed by atoms with Crippen LogP contribution in [0.4, 0.5) is 11.4 Å². The predicted molar refractivity (Wildman–Crippen MR) is 237 cm³/mol. The molecular formula is C52H49N3O. The lowest BCUT2D eigenvalue weighted by atomic mass is 9.87. The molecule has 1 N–H and O–H groups in total. The number of nitrogens with zero attached hydrogens (tertiary/aromatic N) is 2. The molecule has 2 aromatic heterocycles. The van der Waals surface area contributed by atoms with Crippen LogP contribution < -0.4 is 4.90 Å². The van der Waals surface area contributed by atoms with Crippen LogP contribution in [-0.2, 0) is 5.41 Å². The minimum absolute atomic E-state index is 0.108. The third kappa shape index (κ3) is 6.92. The Hall–Kier alpha value is -6.26. The summed E-state index contributed by atoms with van der Waals surface area (Å²) >= 11 is 0. The van der Waals surface area contributed by atoms with E-state index in [4.69, 9.17) is 9.40 Å². The molecule has 0 fully saturated rings. The summed E-state index contributed by atoms with van der Waals surface area (Å²) in [4.78, 5) is 7.09. The normalized spacial score (nSPS) is 11.9. The number of nitrogens with one attached hydrogen (secondary N) is 1. The number of aromatic nitrogens is 1. The Morgan fingerprint density at radius 3 is 1.68 bits per heavy atom. The molecule has 8 aromatic rings. The number of benzene rings is 6. The van der Waals surface area contributed by atoms with Gasteiger partial charge in [-0.25, -0.2) is 0 Å². The van der Waals surface area contributed by atoms with Crippen LogP contribution in [0, 0.1) is 5.41 Å². The van der Waals surface area contributed by atoms with Crippen molar-refractivity contribution in [2.24, 2.45) is 0 Å². The van der Waals surface area contributed by atoms with E-state index >= 15 is 0 Å². The third-order valence-electron chi connectivity index (χ3n) is 10.8. The van der Waals surface area contributed by atoms with E-state index in [0.29, 0.717) is 11.4 Å². The van der Waals surface area contributed by atoms with Crippen molar-refractivity contribution < 1.29 is 4.42 Å². The summed E-state index contributed by atoms with van der Waals surface area (Å²) in [7, 11) is 0. The number of hydrogen-bond acceptors (Lipinski definition) is 3. The van der Waals surface area contributed by atoms with Crippen LogP contribution in [0.3, 0.4) is 0 Å². The van der Waals surface area contributed by atoms with E-state index < -0.39 is 0 Å². The number of pyridine rings is 1. The van der Waals surface area contributed by atoms with Gasteiger partial charge >= 0.3 is 0 Å². The predicted octanol–water partition coefficient (Wildman–Crippen LogP) is 14.7. The van der Waals surface area contributed by atoms with Crippen molar-refractivity contribution in [3.63, 3.8) is 0 Å². The van der Waals surface area contributed by atoms with Gasteiger partial charge in [0.15, 0.2) is 0 Å². The van der Waals surface area contributed by atoms with Crippen LogP contribution in [0.15, 0.2) is 156 Å². The number of fused-ring (bicyclic) bond motifs is 3. The van der Waals surface area contributed by atoms with Crippen molar-refractivity contribution in [1.82, 2.24) is 4.98 Å². The molecule has 0 spiro atoms. The summed E-state index contributed by atoms with van der Waals surface area (Å²) in [5, 5.41) is 12.2. The van der Waals surface area contributed by atoms with Gasteiger partial charge in [-0.1, -0.05) is 152 Å². The highest BCUT2D eigenvalue weighted by molar-refractivity contribution is 6.21. The smallest absolute Gasteiger partial charge is 0.146 e. The van der Waals surface area contributed by atoms with Crippen molar-refractivity contribution in [2.45, 2.75) is 65.7 Å². The molecule has 6 aromatic carbocycles. The topological polar surface area (TPSA) is 53.1 Å². The minimum Gasteiger partial charge on any atom is -0.455 e. The van der Waals surface area contributed by atoms with Crippen molar-refractivity contribution in [2.75, 3.05) is 4.90 Å². The lowest BCUT2D eigenvalue weighted by Gasteiger charge is -2.33. The fourth-order valence-corrected chi connectivity index (χ4v) is 7.72. The van der Waals surface area contributed by atoms with Crippen molar-refractivity contribution in [1.29, 1.82) is 5.41 Å². The molecule has 8 rings (SSSR count). The van der Waals surface area contributed by atoms with Gasteiger partial charge in [0.25, 0.3) is 0 Å². The van der Waals surface area contributed by atoms with Gasteiger partial charge in [-0.2, -0.15) is 0 Å². The first-order chi connectivity index (χ1) is 27.0. The highest BCUT2D eigenvalue weighted by Crippen LogP contribution is 2.44. The number of anilines is 2. The fraction of sp³-hybridized carbons (Fsp3) is 0.192. The third-order valence-corrected chi connectivity index (χ3v) is 10.8. The lowest BCUT2D eigenvalue weighted by molar-refractivity contribution is 0.569. The van der Waals surface area contributed by atoms with Crippen molar-refractivity contribution in [3.05, 3.63) is 174 Å². The molecular weight excluding hydrogens is 683 g/mol. The Labute approximate surface area is 331 Å². The summed E-state index contributed by atoms with van der Waals surface area (Å²) in [6, 6.07) is 51.2. The molecule has 4 heteroatoms. The molecule has 4 nitrogen and oxygen atoms in total. The second kappa shape index (κ2) is 14.8. The van der Waals surface area contributed by atoms with Gasteiger partial charge < -0.3 is 4.42 Å². The molecule has 0 saturated heterocycles. The Morgan fingerprint density at radius 1 is 0.571 bits per heavy atom. The first-order valence-electron chi connectivity index (χ1n) is 19.7. The maximum absolute atomic E-state index is 10.2. The van der Waals surface area contributed by atoms with Crippen LogP contribution in [-0.4, -0.2) is 10.8 Å². The zero-order valence-corrected chi connectivity index (χ0v) is 33.4. The second-order valence-electron chi connectivity index (χ2n) is 16.5.